The molecule has 6 heteroatoms. The molecule has 1 atom stereocenters. The number of nitrogens with one attached hydrogen (secondary N) is 1. The zero-order chi connectivity index (χ0) is 20.8. The normalized spacial score (nSPS) is 20.6. The Bertz CT molecular complexity index is 1030. The zero-order valence-corrected chi connectivity index (χ0v) is 16.9. The van der Waals surface area contributed by atoms with Crippen LogP contribution in [-0.2, 0) is 29.7 Å². The molecule has 29 heavy (non-hydrogen) atoms. The van der Waals surface area contributed by atoms with Gasteiger partial charge >= 0.3 is 6.03 Å². The van der Waals surface area contributed by atoms with Gasteiger partial charge in [0.1, 0.15) is 11.3 Å². The van der Waals surface area contributed by atoms with Crippen LogP contribution in [0.4, 0.5) is 4.79 Å². The van der Waals surface area contributed by atoms with Gasteiger partial charge in [-0.15, -0.1) is 0 Å². The zero-order valence-electron chi connectivity index (χ0n) is 16.9. The third-order valence-corrected chi connectivity index (χ3v) is 5.97. The molecule has 1 heterocycles. The van der Waals surface area contributed by atoms with Crippen LogP contribution in [0.15, 0.2) is 36.4 Å². The van der Waals surface area contributed by atoms with Gasteiger partial charge in [-0.3, -0.25) is 14.5 Å². The second-order valence-corrected chi connectivity index (χ2v) is 7.87. The number of carbonyl (C=O) groups is 3. The summed E-state index contributed by atoms with van der Waals surface area (Å²) >= 11 is 0. The summed E-state index contributed by atoms with van der Waals surface area (Å²) in [6.07, 6.45) is 3.18. The van der Waals surface area contributed by atoms with Gasteiger partial charge in [-0.2, -0.15) is 0 Å². The molecule has 0 aromatic heterocycles. The highest BCUT2D eigenvalue weighted by Crippen LogP contribution is 2.34. The van der Waals surface area contributed by atoms with E-state index in [1.165, 1.54) is 30.1 Å². The molecule has 0 unspecified atom stereocenters. The van der Waals surface area contributed by atoms with E-state index in [2.05, 4.69) is 11.4 Å². The third kappa shape index (κ3) is 3.18. The van der Waals surface area contributed by atoms with Gasteiger partial charge < -0.3 is 10.1 Å². The number of nitrogens with zero attached hydrogens (tertiary/aromatic N) is 1. The van der Waals surface area contributed by atoms with Gasteiger partial charge in [0.05, 0.1) is 13.7 Å². The van der Waals surface area contributed by atoms with E-state index in [-0.39, 0.29) is 18.2 Å². The standard InChI is InChI=1S/C23H24N2O4/c1-14(26)16-8-10-20(29-3)18(11-16)13-25-21(27)23(2,24-22(25)28)19-9-7-15-5-4-6-17(15)12-19/h7-12H,4-6,13H2,1-3H3,(H,24,28)/t23-/m1/s1. The number of benzene rings is 2. The number of imide groups is 1. The number of Topliss-reactive ketones (excluding diaryl/α,β-unsaturated/α-hetero) is 1. The molecule has 0 spiro atoms. The molecule has 6 nitrogen and oxygen atoms in total. The molecule has 3 amide bonds. The number of amides is 3. The summed E-state index contributed by atoms with van der Waals surface area (Å²) in [5, 5.41) is 2.86. The van der Waals surface area contributed by atoms with E-state index in [4.69, 9.17) is 4.74 Å². The number of ether oxygens (including phenoxy) is 1. The van der Waals surface area contributed by atoms with Gasteiger partial charge in [0.25, 0.3) is 5.91 Å². The van der Waals surface area contributed by atoms with Crippen molar-refractivity contribution in [2.45, 2.75) is 45.2 Å². The molecular weight excluding hydrogens is 368 g/mol. The van der Waals surface area contributed by atoms with E-state index in [9.17, 15) is 14.4 Å². The average molecular weight is 392 g/mol. The first-order valence-electron chi connectivity index (χ1n) is 9.77. The lowest BCUT2D eigenvalue weighted by molar-refractivity contribution is -0.131. The van der Waals surface area contributed by atoms with Gasteiger partial charge in [-0.05, 0) is 68.0 Å². The van der Waals surface area contributed by atoms with Crippen molar-refractivity contribution in [3.8, 4) is 5.75 Å². The van der Waals surface area contributed by atoms with Crippen molar-refractivity contribution in [3.05, 3.63) is 64.2 Å². The van der Waals surface area contributed by atoms with Crippen molar-refractivity contribution >= 4 is 17.7 Å². The molecule has 1 saturated heterocycles. The van der Waals surface area contributed by atoms with E-state index in [1.807, 2.05) is 12.1 Å². The topological polar surface area (TPSA) is 75.7 Å². The smallest absolute Gasteiger partial charge is 0.325 e. The summed E-state index contributed by atoms with van der Waals surface area (Å²) < 4.78 is 5.37. The number of hydrogen-bond acceptors (Lipinski definition) is 4. The summed E-state index contributed by atoms with van der Waals surface area (Å²) in [7, 11) is 1.52. The van der Waals surface area contributed by atoms with Crippen LogP contribution in [0.25, 0.3) is 0 Å². The van der Waals surface area contributed by atoms with Crippen molar-refractivity contribution in [3.63, 3.8) is 0 Å². The van der Waals surface area contributed by atoms with Gasteiger partial charge in [0, 0.05) is 11.1 Å². The molecule has 0 saturated carbocycles. The number of rotatable bonds is 5. The van der Waals surface area contributed by atoms with Crippen molar-refractivity contribution in [1.29, 1.82) is 0 Å². The summed E-state index contributed by atoms with van der Waals surface area (Å²) in [6, 6.07) is 10.6. The van der Waals surface area contributed by atoms with Crippen LogP contribution in [0.2, 0.25) is 0 Å². The lowest BCUT2D eigenvalue weighted by Crippen LogP contribution is -2.41. The molecule has 150 valence electrons. The Morgan fingerprint density at radius 1 is 1.14 bits per heavy atom. The predicted octanol–water partition coefficient (Wildman–Crippen LogP) is 3.35. The maximum absolute atomic E-state index is 13.3. The fourth-order valence-corrected chi connectivity index (χ4v) is 4.21. The van der Waals surface area contributed by atoms with Crippen molar-refractivity contribution in [2.75, 3.05) is 7.11 Å². The first-order chi connectivity index (χ1) is 13.8. The van der Waals surface area contributed by atoms with E-state index in [0.29, 0.717) is 16.9 Å². The Hall–Kier alpha value is -3.15. The largest absolute Gasteiger partial charge is 0.496 e. The van der Waals surface area contributed by atoms with Crippen LogP contribution in [0.1, 0.15) is 52.9 Å². The van der Waals surface area contributed by atoms with Crippen LogP contribution < -0.4 is 10.1 Å². The van der Waals surface area contributed by atoms with Crippen LogP contribution in [0, 0.1) is 0 Å². The minimum absolute atomic E-state index is 0.0372. The number of carbonyl (C=O) groups excluding carboxylic acids is 3. The molecule has 2 aromatic rings. The molecule has 1 aliphatic carbocycles. The Kier molecular flexibility index (Phi) is 4.65. The third-order valence-electron chi connectivity index (χ3n) is 5.97. The number of aryl methyl sites for hydroxylation is 2. The summed E-state index contributed by atoms with van der Waals surface area (Å²) in [5.74, 6) is 0.131. The fourth-order valence-electron chi connectivity index (χ4n) is 4.21. The molecule has 1 fully saturated rings. The Morgan fingerprint density at radius 3 is 2.62 bits per heavy atom. The second-order valence-electron chi connectivity index (χ2n) is 7.87. The summed E-state index contributed by atoms with van der Waals surface area (Å²) in [4.78, 5) is 38.9. The van der Waals surface area contributed by atoms with Crippen LogP contribution >= 0.6 is 0 Å². The maximum atomic E-state index is 13.3. The molecule has 1 N–H and O–H groups in total. The second kappa shape index (κ2) is 7.03. The van der Waals surface area contributed by atoms with E-state index in [0.717, 1.165) is 24.8 Å². The molecule has 0 bridgehead atoms. The van der Waals surface area contributed by atoms with Gasteiger partial charge in [0.15, 0.2) is 5.78 Å². The SMILES string of the molecule is COc1ccc(C(C)=O)cc1CN1C(=O)N[C@](C)(c2ccc3c(c2)CCC3)C1=O. The highest BCUT2D eigenvalue weighted by atomic mass is 16.5. The summed E-state index contributed by atoms with van der Waals surface area (Å²) in [5.41, 5.74) is 3.37. The highest BCUT2D eigenvalue weighted by Gasteiger charge is 2.49. The van der Waals surface area contributed by atoms with E-state index < -0.39 is 11.6 Å². The lowest BCUT2D eigenvalue weighted by Gasteiger charge is -2.23. The Labute approximate surface area is 169 Å². The number of methoxy groups -OCH3 is 1. The van der Waals surface area contributed by atoms with Crippen molar-refractivity contribution in [1.82, 2.24) is 10.2 Å². The van der Waals surface area contributed by atoms with Crippen LogP contribution in [0.5, 0.6) is 5.75 Å². The number of urea groups is 1. The Morgan fingerprint density at radius 2 is 1.90 bits per heavy atom. The molecule has 2 aromatic carbocycles. The maximum Gasteiger partial charge on any atom is 0.325 e. The molecule has 2 aliphatic rings. The molecule has 0 radical (unpaired) electrons. The lowest BCUT2D eigenvalue weighted by atomic mass is 9.89. The quantitative estimate of drug-likeness (QED) is 0.625. The van der Waals surface area contributed by atoms with E-state index >= 15 is 0 Å². The van der Waals surface area contributed by atoms with Gasteiger partial charge in [-0.1, -0.05) is 18.2 Å². The highest BCUT2D eigenvalue weighted by molar-refractivity contribution is 6.07. The Balaban J connectivity index is 1.65. The fraction of sp³-hybridized carbons (Fsp3) is 0.348. The average Bonchev–Trinajstić information content (AvgIpc) is 3.26. The monoisotopic (exact) mass is 392 g/mol. The minimum Gasteiger partial charge on any atom is -0.496 e. The van der Waals surface area contributed by atoms with Crippen LogP contribution in [-0.4, -0.2) is 29.7 Å². The number of hydrogen-bond donors (Lipinski definition) is 1. The summed E-state index contributed by atoms with van der Waals surface area (Å²) in [6.45, 7) is 3.26. The first kappa shape index (κ1) is 19.2. The molecule has 1 aliphatic heterocycles. The van der Waals surface area contributed by atoms with E-state index in [1.54, 1.807) is 25.1 Å². The first-order valence-corrected chi connectivity index (χ1v) is 9.77. The number of fused-ring (bicyclic) bond motifs is 1. The van der Waals surface area contributed by atoms with Crippen molar-refractivity contribution < 1.29 is 19.1 Å². The van der Waals surface area contributed by atoms with Gasteiger partial charge in [-0.25, -0.2) is 4.79 Å². The van der Waals surface area contributed by atoms with Gasteiger partial charge in [0.2, 0.25) is 0 Å². The molecular formula is C23H24N2O4. The minimum atomic E-state index is -1.11. The molecule has 4 rings (SSSR count). The number of ketones is 1. The van der Waals surface area contributed by atoms with Crippen molar-refractivity contribution in [2.24, 2.45) is 0 Å². The predicted molar refractivity (Wildman–Crippen MR) is 108 cm³/mol. The van der Waals surface area contributed by atoms with Crippen LogP contribution in [0.3, 0.4) is 0 Å².